The molecule has 0 nitrogen and oxygen atoms in total. The smallest absolute Gasteiger partial charge is 0.0464 e. The Labute approximate surface area is 138 Å². The number of aryl methyl sites for hydroxylation is 2. The first-order chi connectivity index (χ1) is 10.7. The SMILES string of the molecule is Cc1sc2ccccc2c1C#Cc1c(C)sc2ccccc12. The van der Waals surface area contributed by atoms with Crippen LogP contribution in [0.4, 0.5) is 0 Å². The molecule has 0 aliphatic carbocycles. The molecule has 4 aromatic rings. The Morgan fingerprint density at radius 1 is 0.636 bits per heavy atom. The van der Waals surface area contributed by atoms with Gasteiger partial charge >= 0.3 is 0 Å². The molecule has 0 amide bonds. The van der Waals surface area contributed by atoms with Gasteiger partial charge in [0.2, 0.25) is 0 Å². The van der Waals surface area contributed by atoms with Gasteiger partial charge in [0.25, 0.3) is 0 Å². The Morgan fingerprint density at radius 3 is 1.50 bits per heavy atom. The molecule has 22 heavy (non-hydrogen) atoms. The van der Waals surface area contributed by atoms with Crippen molar-refractivity contribution in [3.05, 3.63) is 69.4 Å². The Hall–Kier alpha value is -2.08. The van der Waals surface area contributed by atoms with E-state index in [9.17, 15) is 0 Å². The van der Waals surface area contributed by atoms with Crippen LogP contribution in [-0.2, 0) is 0 Å². The minimum atomic E-state index is 1.18. The second-order valence-electron chi connectivity index (χ2n) is 5.31. The van der Waals surface area contributed by atoms with Crippen molar-refractivity contribution in [3.8, 4) is 11.8 Å². The lowest BCUT2D eigenvalue weighted by molar-refractivity contribution is 1.59. The normalized spacial score (nSPS) is 10.8. The third-order valence-corrected chi connectivity index (χ3v) is 6.03. The third kappa shape index (κ3) is 2.14. The van der Waals surface area contributed by atoms with Gasteiger partial charge in [-0.25, -0.2) is 0 Å². The minimum Gasteiger partial charge on any atom is -0.139 e. The quantitative estimate of drug-likeness (QED) is 0.342. The standard InChI is InChI=1S/C20H14S2/c1-13-15(17-7-3-5-9-19(17)21-13)11-12-16-14(2)22-20-10-6-4-8-18(16)20/h3-10H,1-2H3. The zero-order valence-corrected chi connectivity index (χ0v) is 14.1. The molecule has 0 aliphatic rings. The summed E-state index contributed by atoms with van der Waals surface area (Å²) in [5.74, 6) is 6.88. The lowest BCUT2D eigenvalue weighted by Gasteiger charge is -1.92. The van der Waals surface area contributed by atoms with Crippen LogP contribution in [0.1, 0.15) is 20.9 Å². The van der Waals surface area contributed by atoms with Crippen molar-refractivity contribution in [2.24, 2.45) is 0 Å². The van der Waals surface area contributed by atoms with Crippen LogP contribution in [0.2, 0.25) is 0 Å². The zero-order chi connectivity index (χ0) is 15.1. The van der Waals surface area contributed by atoms with Gasteiger partial charge in [-0.1, -0.05) is 48.2 Å². The number of hydrogen-bond donors (Lipinski definition) is 0. The molecule has 0 bridgehead atoms. The lowest BCUT2D eigenvalue weighted by Crippen LogP contribution is -1.78. The molecule has 4 rings (SSSR count). The molecule has 0 unspecified atom stereocenters. The van der Waals surface area contributed by atoms with Crippen LogP contribution in [0.15, 0.2) is 48.5 Å². The van der Waals surface area contributed by atoms with Crippen molar-refractivity contribution >= 4 is 42.8 Å². The summed E-state index contributed by atoms with van der Waals surface area (Å²) in [5, 5.41) is 2.55. The van der Waals surface area contributed by atoms with Crippen molar-refractivity contribution in [1.82, 2.24) is 0 Å². The van der Waals surface area contributed by atoms with E-state index < -0.39 is 0 Å². The zero-order valence-electron chi connectivity index (χ0n) is 12.4. The van der Waals surface area contributed by atoms with E-state index in [-0.39, 0.29) is 0 Å². The molecule has 2 aromatic heterocycles. The van der Waals surface area contributed by atoms with Gasteiger partial charge in [-0.2, -0.15) is 0 Å². The highest BCUT2D eigenvalue weighted by atomic mass is 32.1. The van der Waals surface area contributed by atoms with Gasteiger partial charge in [0.15, 0.2) is 0 Å². The van der Waals surface area contributed by atoms with Crippen molar-refractivity contribution in [2.45, 2.75) is 13.8 Å². The number of fused-ring (bicyclic) bond motifs is 2. The van der Waals surface area contributed by atoms with Crippen LogP contribution in [-0.4, -0.2) is 0 Å². The van der Waals surface area contributed by atoms with E-state index in [4.69, 9.17) is 0 Å². The molecule has 2 heterocycles. The molecule has 0 spiro atoms. The third-order valence-electron chi connectivity index (χ3n) is 3.86. The van der Waals surface area contributed by atoms with Gasteiger partial charge in [0, 0.05) is 41.1 Å². The summed E-state index contributed by atoms with van der Waals surface area (Å²) >= 11 is 3.65. The summed E-state index contributed by atoms with van der Waals surface area (Å²) in [6.07, 6.45) is 0. The molecule has 0 saturated heterocycles. The van der Waals surface area contributed by atoms with Crippen molar-refractivity contribution in [1.29, 1.82) is 0 Å². The first-order valence-electron chi connectivity index (χ1n) is 7.22. The molecule has 0 N–H and O–H groups in total. The summed E-state index contributed by atoms with van der Waals surface area (Å²) < 4.78 is 2.63. The molecule has 0 atom stereocenters. The second kappa shape index (κ2) is 5.28. The molecule has 106 valence electrons. The maximum atomic E-state index is 3.44. The van der Waals surface area contributed by atoms with E-state index >= 15 is 0 Å². The molecule has 0 fully saturated rings. The summed E-state index contributed by atoms with van der Waals surface area (Å²) in [4.78, 5) is 2.59. The van der Waals surface area contributed by atoms with Gasteiger partial charge < -0.3 is 0 Å². The summed E-state index contributed by atoms with van der Waals surface area (Å²) in [7, 11) is 0. The highest BCUT2D eigenvalue weighted by molar-refractivity contribution is 7.19. The average molecular weight is 318 g/mol. The monoisotopic (exact) mass is 318 g/mol. The van der Waals surface area contributed by atoms with Crippen LogP contribution in [0.3, 0.4) is 0 Å². The van der Waals surface area contributed by atoms with Gasteiger partial charge in [-0.15, -0.1) is 22.7 Å². The van der Waals surface area contributed by atoms with E-state index in [2.05, 4.69) is 74.2 Å². The first kappa shape index (κ1) is 13.6. The second-order valence-corrected chi connectivity index (χ2v) is 7.82. The Kier molecular flexibility index (Phi) is 3.26. The van der Waals surface area contributed by atoms with E-state index in [0.717, 1.165) is 0 Å². The Balaban J connectivity index is 1.91. The number of benzene rings is 2. The Morgan fingerprint density at radius 2 is 1.05 bits per heavy atom. The lowest BCUT2D eigenvalue weighted by atomic mass is 10.1. The molecular formula is C20H14S2. The fourth-order valence-corrected chi connectivity index (χ4v) is 4.81. The summed E-state index contributed by atoms with van der Waals surface area (Å²) in [6, 6.07) is 17.0. The predicted molar refractivity (Wildman–Crippen MR) is 99.1 cm³/mol. The summed E-state index contributed by atoms with van der Waals surface area (Å²) in [5.41, 5.74) is 2.35. The average Bonchev–Trinajstić information content (AvgIpc) is 3.01. The number of thiophene rings is 2. The van der Waals surface area contributed by atoms with E-state index in [1.807, 2.05) is 22.7 Å². The van der Waals surface area contributed by atoms with E-state index in [0.29, 0.717) is 0 Å². The van der Waals surface area contributed by atoms with Gasteiger partial charge in [-0.05, 0) is 26.0 Å². The molecule has 0 saturated carbocycles. The van der Waals surface area contributed by atoms with Crippen molar-refractivity contribution in [3.63, 3.8) is 0 Å². The maximum Gasteiger partial charge on any atom is 0.0464 e. The van der Waals surface area contributed by atoms with Gasteiger partial charge in [-0.3, -0.25) is 0 Å². The van der Waals surface area contributed by atoms with Crippen LogP contribution < -0.4 is 0 Å². The van der Waals surface area contributed by atoms with Crippen LogP contribution in [0.5, 0.6) is 0 Å². The molecule has 0 radical (unpaired) electrons. The molecule has 2 heteroatoms. The molecule has 0 aliphatic heterocycles. The molecular weight excluding hydrogens is 304 g/mol. The maximum absolute atomic E-state index is 3.44. The van der Waals surface area contributed by atoms with Crippen LogP contribution in [0.25, 0.3) is 20.2 Å². The number of hydrogen-bond acceptors (Lipinski definition) is 2. The van der Waals surface area contributed by atoms with E-state index in [1.54, 1.807) is 0 Å². The fraction of sp³-hybridized carbons (Fsp3) is 0.100. The molecule has 2 aromatic carbocycles. The fourth-order valence-electron chi connectivity index (χ4n) is 2.77. The van der Waals surface area contributed by atoms with Crippen LogP contribution >= 0.6 is 22.7 Å². The largest absolute Gasteiger partial charge is 0.139 e. The highest BCUT2D eigenvalue weighted by Crippen LogP contribution is 2.32. The minimum absolute atomic E-state index is 1.18. The van der Waals surface area contributed by atoms with E-state index in [1.165, 1.54) is 41.1 Å². The topological polar surface area (TPSA) is 0 Å². The Bertz CT molecular complexity index is 968. The van der Waals surface area contributed by atoms with Crippen molar-refractivity contribution in [2.75, 3.05) is 0 Å². The summed E-state index contributed by atoms with van der Waals surface area (Å²) in [6.45, 7) is 4.32. The van der Waals surface area contributed by atoms with Gasteiger partial charge in [0.05, 0.1) is 0 Å². The predicted octanol–water partition coefficient (Wildman–Crippen LogP) is 6.13. The van der Waals surface area contributed by atoms with Gasteiger partial charge in [0.1, 0.15) is 0 Å². The van der Waals surface area contributed by atoms with Crippen LogP contribution in [0, 0.1) is 25.7 Å². The highest BCUT2D eigenvalue weighted by Gasteiger charge is 2.08. The van der Waals surface area contributed by atoms with Crippen molar-refractivity contribution < 1.29 is 0 Å². The first-order valence-corrected chi connectivity index (χ1v) is 8.85. The number of rotatable bonds is 0.